The molecular weight excluding hydrogens is 320 g/mol. The lowest BCUT2D eigenvalue weighted by Gasteiger charge is -2.14. The molecule has 2 heterocycles. The summed E-state index contributed by atoms with van der Waals surface area (Å²) in [6, 6.07) is 11.3. The van der Waals surface area contributed by atoms with Gasteiger partial charge in [0.05, 0.1) is 22.6 Å². The summed E-state index contributed by atoms with van der Waals surface area (Å²) in [7, 11) is 0. The van der Waals surface area contributed by atoms with E-state index in [0.717, 1.165) is 35.1 Å². The van der Waals surface area contributed by atoms with Gasteiger partial charge < -0.3 is 5.32 Å². The van der Waals surface area contributed by atoms with E-state index >= 15 is 0 Å². The average Bonchev–Trinajstić information content (AvgIpc) is 3.03. The predicted octanol–water partition coefficient (Wildman–Crippen LogP) is 4.03. The summed E-state index contributed by atoms with van der Waals surface area (Å²) < 4.78 is 0. The molecule has 24 heavy (non-hydrogen) atoms. The maximum absolute atomic E-state index is 12.3. The van der Waals surface area contributed by atoms with Crippen molar-refractivity contribution in [1.82, 2.24) is 4.98 Å². The summed E-state index contributed by atoms with van der Waals surface area (Å²) in [4.78, 5) is 16.6. The number of amides is 1. The first kappa shape index (κ1) is 16.5. The number of hydrogen-bond donors (Lipinski definition) is 1. The normalized spacial score (nSPS) is 13.8. The second-order valence-corrected chi connectivity index (χ2v) is 6.81. The van der Waals surface area contributed by atoms with E-state index in [-0.39, 0.29) is 5.91 Å². The van der Waals surface area contributed by atoms with Crippen molar-refractivity contribution in [2.24, 2.45) is 5.10 Å². The van der Waals surface area contributed by atoms with E-state index in [0.29, 0.717) is 11.3 Å². The number of nitrogens with one attached hydrogen (secondary N) is 1. The second kappa shape index (κ2) is 7.49. The van der Waals surface area contributed by atoms with E-state index < -0.39 is 0 Å². The van der Waals surface area contributed by atoms with Crippen LogP contribution in [0.5, 0.6) is 0 Å². The lowest BCUT2D eigenvalue weighted by molar-refractivity contribution is 0.102. The third-order valence-electron chi connectivity index (χ3n) is 3.69. The minimum absolute atomic E-state index is 0.139. The van der Waals surface area contributed by atoms with Crippen molar-refractivity contribution >= 4 is 34.8 Å². The monoisotopic (exact) mass is 340 g/mol. The van der Waals surface area contributed by atoms with Gasteiger partial charge in [0.25, 0.3) is 5.91 Å². The number of anilines is 2. The quantitative estimate of drug-likeness (QED) is 0.835. The summed E-state index contributed by atoms with van der Waals surface area (Å²) in [5.74, 6) is 0.839. The Morgan fingerprint density at radius 2 is 2.04 bits per heavy atom. The molecule has 1 aliphatic heterocycles. The zero-order valence-corrected chi connectivity index (χ0v) is 14.6. The van der Waals surface area contributed by atoms with E-state index in [2.05, 4.69) is 22.3 Å². The molecule has 1 amide bonds. The van der Waals surface area contributed by atoms with Crippen molar-refractivity contribution < 1.29 is 4.79 Å². The first-order valence-corrected chi connectivity index (χ1v) is 8.96. The van der Waals surface area contributed by atoms with Crippen LogP contribution in [-0.2, 0) is 0 Å². The van der Waals surface area contributed by atoms with Crippen molar-refractivity contribution in [3.63, 3.8) is 0 Å². The van der Waals surface area contributed by atoms with E-state index in [1.54, 1.807) is 18.0 Å². The van der Waals surface area contributed by atoms with Gasteiger partial charge in [-0.25, -0.2) is 4.98 Å². The second-order valence-electron chi connectivity index (χ2n) is 5.53. The maximum Gasteiger partial charge on any atom is 0.255 e. The molecular formula is C18H20N4OS. The summed E-state index contributed by atoms with van der Waals surface area (Å²) in [6.07, 6.45) is 2.67. The van der Waals surface area contributed by atoms with Crippen molar-refractivity contribution in [2.75, 3.05) is 22.6 Å². The summed E-state index contributed by atoms with van der Waals surface area (Å²) in [5, 5.41) is 10.3. The number of hydrogen-bond acceptors (Lipinski definition) is 5. The van der Waals surface area contributed by atoms with Gasteiger partial charge >= 0.3 is 0 Å². The van der Waals surface area contributed by atoms with Crippen molar-refractivity contribution in [3.8, 4) is 0 Å². The molecule has 124 valence electrons. The molecule has 1 aromatic carbocycles. The molecule has 0 radical (unpaired) electrons. The van der Waals surface area contributed by atoms with Gasteiger partial charge in [-0.1, -0.05) is 6.92 Å². The van der Waals surface area contributed by atoms with Crippen LogP contribution in [0.2, 0.25) is 0 Å². The first-order valence-electron chi connectivity index (χ1n) is 7.97. The van der Waals surface area contributed by atoms with Crippen LogP contribution in [-0.4, -0.2) is 28.9 Å². The van der Waals surface area contributed by atoms with Crippen molar-refractivity contribution in [1.29, 1.82) is 0 Å². The van der Waals surface area contributed by atoms with Gasteiger partial charge in [-0.15, -0.1) is 11.8 Å². The van der Waals surface area contributed by atoms with Crippen LogP contribution in [0.25, 0.3) is 0 Å². The number of nitrogens with zero attached hydrogens (tertiary/aromatic N) is 3. The molecule has 0 unspecified atom stereocenters. The Balaban J connectivity index is 1.64. The molecule has 0 atom stereocenters. The molecule has 3 rings (SSSR count). The minimum atomic E-state index is -0.139. The number of pyridine rings is 1. The summed E-state index contributed by atoms with van der Waals surface area (Å²) >= 11 is 1.67. The Hall–Kier alpha value is -2.34. The Bertz CT molecular complexity index is 741. The van der Waals surface area contributed by atoms with Crippen LogP contribution in [0.3, 0.4) is 0 Å². The van der Waals surface area contributed by atoms with Crippen LogP contribution in [0.4, 0.5) is 11.4 Å². The molecule has 2 aromatic rings. The molecule has 0 saturated heterocycles. The number of aromatic nitrogens is 1. The van der Waals surface area contributed by atoms with E-state index in [9.17, 15) is 4.79 Å². The Morgan fingerprint density at radius 3 is 2.62 bits per heavy atom. The standard InChI is InChI=1S/C18H20N4OS/c1-3-24-17-9-6-15(12-19-17)20-18(23)14-4-7-16(8-5-14)22-11-10-13(2)21-22/h4-9,12H,3,10-11H2,1-2H3,(H,20,23). The molecule has 0 spiro atoms. The molecule has 0 aliphatic carbocycles. The highest BCUT2D eigenvalue weighted by molar-refractivity contribution is 7.99. The smallest absolute Gasteiger partial charge is 0.255 e. The van der Waals surface area contributed by atoms with Crippen LogP contribution in [0, 0.1) is 0 Å². The van der Waals surface area contributed by atoms with Crippen LogP contribution < -0.4 is 10.3 Å². The van der Waals surface area contributed by atoms with Gasteiger partial charge in [-0.3, -0.25) is 9.80 Å². The summed E-state index contributed by atoms with van der Waals surface area (Å²) in [6.45, 7) is 5.01. The largest absolute Gasteiger partial charge is 0.321 e. The third-order valence-corrected chi connectivity index (χ3v) is 4.52. The van der Waals surface area contributed by atoms with Gasteiger partial charge in [0.15, 0.2) is 0 Å². The first-order chi connectivity index (χ1) is 11.7. The van der Waals surface area contributed by atoms with E-state index in [1.165, 1.54) is 0 Å². The van der Waals surface area contributed by atoms with Gasteiger partial charge in [0, 0.05) is 24.2 Å². The number of carbonyl (C=O) groups excluding carboxylic acids is 1. The summed E-state index contributed by atoms with van der Waals surface area (Å²) in [5.41, 5.74) is 3.45. The van der Waals surface area contributed by atoms with Gasteiger partial charge in [0.1, 0.15) is 0 Å². The molecule has 0 fully saturated rings. The highest BCUT2D eigenvalue weighted by Gasteiger charge is 2.13. The van der Waals surface area contributed by atoms with Crippen LogP contribution >= 0.6 is 11.8 Å². The maximum atomic E-state index is 12.3. The SMILES string of the molecule is CCSc1ccc(NC(=O)c2ccc(N3CCC(C)=N3)cc2)cn1. The van der Waals surface area contributed by atoms with Crippen molar-refractivity contribution in [2.45, 2.75) is 25.3 Å². The van der Waals surface area contributed by atoms with Crippen LogP contribution in [0.15, 0.2) is 52.7 Å². The Morgan fingerprint density at radius 1 is 1.25 bits per heavy atom. The van der Waals surface area contributed by atoms with Crippen LogP contribution in [0.1, 0.15) is 30.6 Å². The molecule has 1 aliphatic rings. The highest BCUT2D eigenvalue weighted by Crippen LogP contribution is 2.21. The lowest BCUT2D eigenvalue weighted by Crippen LogP contribution is -2.14. The Labute approximate surface area is 146 Å². The fourth-order valence-electron chi connectivity index (χ4n) is 2.44. The zero-order valence-electron chi connectivity index (χ0n) is 13.8. The molecule has 1 aromatic heterocycles. The molecule has 1 N–H and O–H groups in total. The number of rotatable bonds is 5. The van der Waals surface area contributed by atoms with Gasteiger partial charge in [-0.05, 0) is 49.1 Å². The Kier molecular flexibility index (Phi) is 5.15. The number of hydrazone groups is 1. The fourth-order valence-corrected chi connectivity index (χ4v) is 3.02. The third kappa shape index (κ3) is 3.94. The molecule has 0 bridgehead atoms. The highest BCUT2D eigenvalue weighted by atomic mass is 32.2. The molecule has 5 nitrogen and oxygen atoms in total. The zero-order chi connectivity index (χ0) is 16.9. The fraction of sp³-hybridized carbons (Fsp3) is 0.278. The molecule has 0 saturated carbocycles. The van der Waals surface area contributed by atoms with E-state index in [1.807, 2.05) is 48.3 Å². The number of benzene rings is 1. The number of thioether (sulfide) groups is 1. The minimum Gasteiger partial charge on any atom is -0.321 e. The molecule has 6 heteroatoms. The van der Waals surface area contributed by atoms with E-state index in [4.69, 9.17) is 0 Å². The topological polar surface area (TPSA) is 57.6 Å². The van der Waals surface area contributed by atoms with Crippen molar-refractivity contribution in [3.05, 3.63) is 48.2 Å². The lowest BCUT2D eigenvalue weighted by atomic mass is 10.2. The average molecular weight is 340 g/mol. The predicted molar refractivity (Wildman–Crippen MR) is 100 cm³/mol. The number of carbonyl (C=O) groups is 1. The van der Waals surface area contributed by atoms with Gasteiger partial charge in [0.2, 0.25) is 0 Å². The van der Waals surface area contributed by atoms with Gasteiger partial charge in [-0.2, -0.15) is 5.10 Å².